The number of thiophene rings is 1. The van der Waals surface area contributed by atoms with Gasteiger partial charge >= 0.3 is 0 Å². The number of guanidine groups is 1. The minimum atomic E-state index is -0.0581. The molecule has 1 heterocycles. The Bertz CT molecular complexity index is 719. The van der Waals surface area contributed by atoms with Gasteiger partial charge in [-0.15, -0.1) is 35.3 Å². The smallest absolute Gasteiger partial charge is 0.251 e. The van der Waals surface area contributed by atoms with Crippen molar-refractivity contribution in [2.45, 2.75) is 26.2 Å². The number of benzene rings is 1. The van der Waals surface area contributed by atoms with Gasteiger partial charge in [0.15, 0.2) is 5.96 Å². The summed E-state index contributed by atoms with van der Waals surface area (Å²) >= 11 is 1.77. The van der Waals surface area contributed by atoms with Crippen molar-refractivity contribution >= 4 is 47.2 Å². The van der Waals surface area contributed by atoms with Crippen molar-refractivity contribution in [3.05, 3.63) is 57.8 Å². The van der Waals surface area contributed by atoms with E-state index >= 15 is 0 Å². The van der Waals surface area contributed by atoms with Crippen LogP contribution in [-0.2, 0) is 6.42 Å². The summed E-state index contributed by atoms with van der Waals surface area (Å²) in [6.45, 7) is 6.60. The van der Waals surface area contributed by atoms with Crippen molar-refractivity contribution in [2.24, 2.45) is 4.99 Å². The average molecular weight is 500 g/mol. The molecule has 0 bridgehead atoms. The van der Waals surface area contributed by atoms with Crippen molar-refractivity contribution in [3.63, 3.8) is 0 Å². The van der Waals surface area contributed by atoms with Crippen LogP contribution in [0.25, 0.3) is 0 Å². The van der Waals surface area contributed by atoms with E-state index < -0.39 is 0 Å². The highest BCUT2D eigenvalue weighted by molar-refractivity contribution is 14.0. The van der Waals surface area contributed by atoms with E-state index in [1.54, 1.807) is 18.4 Å². The van der Waals surface area contributed by atoms with Gasteiger partial charge in [0.1, 0.15) is 0 Å². The molecule has 0 saturated carbocycles. The predicted octanol–water partition coefficient (Wildman–Crippen LogP) is 3.63. The molecule has 1 atom stereocenters. The molecule has 2 rings (SSSR count). The second-order valence-corrected chi connectivity index (χ2v) is 7.07. The maximum atomic E-state index is 11.7. The van der Waals surface area contributed by atoms with Crippen LogP contribution in [0.3, 0.4) is 0 Å². The first-order chi connectivity index (χ1) is 12.6. The van der Waals surface area contributed by atoms with Crippen molar-refractivity contribution in [2.75, 3.05) is 26.7 Å². The fourth-order valence-corrected chi connectivity index (χ4v) is 3.35. The highest BCUT2D eigenvalue weighted by Crippen LogP contribution is 2.20. The lowest BCUT2D eigenvalue weighted by molar-refractivity contribution is 0.0963. The van der Waals surface area contributed by atoms with Crippen LogP contribution >= 0.6 is 35.3 Å². The van der Waals surface area contributed by atoms with Crippen LogP contribution in [0, 0.1) is 0 Å². The number of carbonyl (C=O) groups excluding carboxylic acids is 1. The number of aliphatic imine (C=N–C) groups is 1. The Morgan fingerprint density at radius 1 is 1.22 bits per heavy atom. The zero-order valence-electron chi connectivity index (χ0n) is 16.1. The number of rotatable bonds is 8. The van der Waals surface area contributed by atoms with Gasteiger partial charge in [-0.25, -0.2) is 0 Å². The molecule has 1 amide bonds. The van der Waals surface area contributed by atoms with Crippen molar-refractivity contribution in [3.8, 4) is 0 Å². The summed E-state index contributed by atoms with van der Waals surface area (Å²) in [4.78, 5) is 17.8. The summed E-state index contributed by atoms with van der Waals surface area (Å²) in [6, 6.07) is 12.0. The molecule has 148 valence electrons. The van der Waals surface area contributed by atoms with E-state index in [-0.39, 0.29) is 29.9 Å². The monoisotopic (exact) mass is 500 g/mol. The summed E-state index contributed by atoms with van der Waals surface area (Å²) in [5.74, 6) is 1.19. The number of amides is 1. The van der Waals surface area contributed by atoms with Crippen molar-refractivity contribution < 1.29 is 4.79 Å². The first-order valence-electron chi connectivity index (χ1n) is 9.00. The zero-order valence-corrected chi connectivity index (χ0v) is 19.3. The SMILES string of the molecule is CCNC(=NCC(C)c1cccs1)NCCc1cccc(C(=O)NC)c1.I. The van der Waals surface area contributed by atoms with E-state index in [1.165, 1.54) is 4.88 Å². The Morgan fingerprint density at radius 3 is 2.70 bits per heavy atom. The lowest BCUT2D eigenvalue weighted by atomic mass is 10.1. The number of hydrogen-bond acceptors (Lipinski definition) is 3. The van der Waals surface area contributed by atoms with Crippen LogP contribution < -0.4 is 16.0 Å². The van der Waals surface area contributed by atoms with Crippen LogP contribution in [0.2, 0.25) is 0 Å². The van der Waals surface area contributed by atoms with Crippen LogP contribution in [0.4, 0.5) is 0 Å². The third kappa shape index (κ3) is 7.88. The Kier molecular flexibility index (Phi) is 11.0. The molecule has 7 heteroatoms. The molecule has 1 aromatic carbocycles. The molecule has 0 spiro atoms. The summed E-state index contributed by atoms with van der Waals surface area (Å²) in [7, 11) is 1.65. The van der Waals surface area contributed by atoms with Gasteiger partial charge in [-0.05, 0) is 42.5 Å². The van der Waals surface area contributed by atoms with Crippen LogP contribution in [0.15, 0.2) is 46.8 Å². The average Bonchev–Trinajstić information content (AvgIpc) is 3.20. The van der Waals surface area contributed by atoms with Gasteiger partial charge in [-0.3, -0.25) is 9.79 Å². The number of halogens is 1. The molecule has 27 heavy (non-hydrogen) atoms. The lowest BCUT2D eigenvalue weighted by Crippen LogP contribution is -2.38. The summed E-state index contributed by atoms with van der Waals surface area (Å²) in [5.41, 5.74) is 1.82. The molecular weight excluding hydrogens is 471 g/mol. The second-order valence-electron chi connectivity index (χ2n) is 6.09. The Hall–Kier alpha value is -1.61. The normalized spacial score (nSPS) is 12.0. The third-order valence-electron chi connectivity index (χ3n) is 4.02. The largest absolute Gasteiger partial charge is 0.357 e. The second kappa shape index (κ2) is 12.7. The van der Waals surface area contributed by atoms with Gasteiger partial charge in [0.05, 0.1) is 6.54 Å². The van der Waals surface area contributed by atoms with Crippen LogP contribution in [-0.4, -0.2) is 38.5 Å². The van der Waals surface area contributed by atoms with Gasteiger partial charge in [-0.1, -0.05) is 25.1 Å². The van der Waals surface area contributed by atoms with Gasteiger partial charge in [0, 0.05) is 36.5 Å². The molecule has 5 nitrogen and oxygen atoms in total. The van der Waals surface area contributed by atoms with Gasteiger partial charge in [0.2, 0.25) is 0 Å². The topological polar surface area (TPSA) is 65.5 Å². The molecular formula is C20H29IN4OS. The number of nitrogens with zero attached hydrogens (tertiary/aromatic N) is 1. The summed E-state index contributed by atoms with van der Waals surface area (Å²) in [6.07, 6.45) is 0.829. The molecule has 0 fully saturated rings. The van der Waals surface area contributed by atoms with E-state index in [2.05, 4.69) is 47.3 Å². The number of hydrogen-bond donors (Lipinski definition) is 3. The fraction of sp³-hybridized carbons (Fsp3) is 0.400. The number of nitrogens with one attached hydrogen (secondary N) is 3. The van der Waals surface area contributed by atoms with Crippen LogP contribution in [0.5, 0.6) is 0 Å². The summed E-state index contributed by atoms with van der Waals surface area (Å²) < 4.78 is 0. The van der Waals surface area contributed by atoms with Gasteiger partial charge < -0.3 is 16.0 Å². The molecule has 0 saturated heterocycles. The van der Waals surface area contributed by atoms with E-state index in [0.29, 0.717) is 11.5 Å². The molecule has 0 aliphatic heterocycles. The molecule has 3 N–H and O–H groups in total. The van der Waals surface area contributed by atoms with Crippen molar-refractivity contribution in [1.29, 1.82) is 0 Å². The minimum absolute atomic E-state index is 0. The quantitative estimate of drug-likeness (QED) is 0.295. The Balaban J connectivity index is 0.00000364. The van der Waals surface area contributed by atoms with E-state index in [1.807, 2.05) is 24.3 Å². The predicted molar refractivity (Wildman–Crippen MR) is 126 cm³/mol. The van der Waals surface area contributed by atoms with Crippen molar-refractivity contribution in [1.82, 2.24) is 16.0 Å². The maximum Gasteiger partial charge on any atom is 0.251 e. The van der Waals surface area contributed by atoms with E-state index in [0.717, 1.165) is 37.6 Å². The summed E-state index contributed by atoms with van der Waals surface area (Å²) in [5, 5.41) is 11.4. The highest BCUT2D eigenvalue weighted by Gasteiger charge is 2.07. The first kappa shape index (κ1) is 23.4. The third-order valence-corrected chi connectivity index (χ3v) is 5.12. The van der Waals surface area contributed by atoms with Crippen LogP contribution in [0.1, 0.15) is 40.6 Å². The molecule has 0 radical (unpaired) electrons. The molecule has 2 aromatic rings. The Labute approximate surface area is 183 Å². The molecule has 1 aromatic heterocycles. The fourth-order valence-electron chi connectivity index (χ4n) is 2.57. The highest BCUT2D eigenvalue weighted by atomic mass is 127. The molecule has 0 aliphatic carbocycles. The van der Waals surface area contributed by atoms with E-state index in [4.69, 9.17) is 4.99 Å². The molecule has 1 unspecified atom stereocenters. The lowest BCUT2D eigenvalue weighted by Gasteiger charge is -2.13. The Morgan fingerprint density at radius 2 is 2.04 bits per heavy atom. The van der Waals surface area contributed by atoms with E-state index in [9.17, 15) is 4.79 Å². The maximum absolute atomic E-state index is 11.7. The zero-order chi connectivity index (χ0) is 18.8. The number of carbonyl (C=O) groups is 1. The van der Waals surface area contributed by atoms with Gasteiger partial charge in [0.25, 0.3) is 5.91 Å². The first-order valence-corrected chi connectivity index (χ1v) is 9.88. The molecule has 0 aliphatic rings. The minimum Gasteiger partial charge on any atom is -0.357 e. The van der Waals surface area contributed by atoms with Gasteiger partial charge in [-0.2, -0.15) is 0 Å². The standard InChI is InChI=1S/C20H28N4OS.HI/c1-4-22-20(24-14-15(2)18-9-6-12-26-18)23-11-10-16-7-5-8-17(13-16)19(25)21-3;/h5-9,12-13,15H,4,10-11,14H2,1-3H3,(H,21,25)(H2,22,23,24);1H.